The topological polar surface area (TPSA) is 18.5 Å². The van der Waals surface area contributed by atoms with Gasteiger partial charge in [-0.25, -0.2) is 0 Å². The predicted molar refractivity (Wildman–Crippen MR) is 55.5 cm³/mol. The van der Waals surface area contributed by atoms with Crippen molar-refractivity contribution in [3.05, 3.63) is 18.2 Å². The average molecular weight is 285 g/mol. The van der Waals surface area contributed by atoms with Crippen LogP contribution in [0.4, 0.5) is 0 Å². The van der Waals surface area contributed by atoms with Crippen molar-refractivity contribution in [2.24, 2.45) is 0 Å². The van der Waals surface area contributed by atoms with E-state index in [2.05, 4.69) is 27.0 Å². The van der Waals surface area contributed by atoms with Gasteiger partial charge in [-0.3, -0.25) is 0 Å². The molecule has 0 unspecified atom stereocenters. The molecular formula is C10H14O2Sn. The fourth-order valence-corrected chi connectivity index (χ4v) is 5.72. The van der Waals surface area contributed by atoms with Crippen molar-refractivity contribution in [2.45, 2.75) is 14.8 Å². The fourth-order valence-electron chi connectivity index (χ4n) is 1.52. The molecule has 0 bridgehead atoms. The van der Waals surface area contributed by atoms with Crippen LogP contribution in [0, 0.1) is 0 Å². The van der Waals surface area contributed by atoms with E-state index in [1.165, 1.54) is 3.58 Å². The quantitative estimate of drug-likeness (QED) is 0.734. The van der Waals surface area contributed by atoms with Crippen LogP contribution in [0.25, 0.3) is 0 Å². The first-order valence-corrected chi connectivity index (χ1v) is 14.5. The Balaban J connectivity index is 2.54. The molecule has 2 nitrogen and oxygen atoms in total. The van der Waals surface area contributed by atoms with Gasteiger partial charge in [0, 0.05) is 0 Å². The molecule has 0 aromatic heterocycles. The molecule has 0 atom stereocenters. The minimum absolute atomic E-state index is 0.383. The summed E-state index contributed by atoms with van der Waals surface area (Å²) in [5.41, 5.74) is 0. The summed E-state index contributed by atoms with van der Waals surface area (Å²) in [5, 5.41) is 0. The summed E-state index contributed by atoms with van der Waals surface area (Å²) < 4.78 is 12.3. The van der Waals surface area contributed by atoms with Gasteiger partial charge in [-0.2, -0.15) is 0 Å². The summed E-state index contributed by atoms with van der Waals surface area (Å²) in [6.07, 6.45) is 0. The molecule has 2 rings (SSSR count). The Hall–Kier alpha value is -0.381. The van der Waals surface area contributed by atoms with Crippen molar-refractivity contribution >= 4 is 22.0 Å². The standard InChI is InChI=1S/C7H5O2.3CH3.Sn/c1-2-4-7-6(3-1)8-5-9-7;;;;/h1-3H,5H2;3*1H3;. The van der Waals surface area contributed by atoms with Crippen molar-refractivity contribution in [3.8, 4) is 11.5 Å². The van der Waals surface area contributed by atoms with Crippen molar-refractivity contribution in [3.63, 3.8) is 0 Å². The second-order valence-electron chi connectivity index (χ2n) is 4.29. The molecule has 1 aliphatic rings. The van der Waals surface area contributed by atoms with Gasteiger partial charge in [-0.15, -0.1) is 0 Å². The number of benzene rings is 1. The molecule has 1 aromatic rings. The Bertz CT molecular complexity index is 328. The third-order valence-corrected chi connectivity index (χ3v) is 7.94. The van der Waals surface area contributed by atoms with Crippen LogP contribution in [-0.4, -0.2) is 25.2 Å². The molecule has 3 heteroatoms. The fraction of sp³-hybridized carbons (Fsp3) is 0.400. The molecule has 0 radical (unpaired) electrons. The van der Waals surface area contributed by atoms with Crippen LogP contribution < -0.4 is 13.1 Å². The van der Waals surface area contributed by atoms with Crippen LogP contribution >= 0.6 is 0 Å². The zero-order valence-electron chi connectivity index (χ0n) is 8.26. The molecule has 0 fully saturated rings. The molecule has 70 valence electrons. The number of ether oxygens (including phenoxy) is 2. The summed E-state index contributed by atoms with van der Waals surface area (Å²) in [4.78, 5) is 7.14. The van der Waals surface area contributed by atoms with Crippen LogP contribution in [0.1, 0.15) is 0 Å². The predicted octanol–water partition coefficient (Wildman–Crippen LogP) is 1.96. The SMILES string of the molecule is [CH3][Sn]([CH3])([CH3])[c]1cccc2c1OCO2. The molecule has 0 spiro atoms. The molecule has 13 heavy (non-hydrogen) atoms. The maximum atomic E-state index is 5.49. The van der Waals surface area contributed by atoms with Gasteiger partial charge < -0.3 is 0 Å². The van der Waals surface area contributed by atoms with Gasteiger partial charge in [0.1, 0.15) is 0 Å². The van der Waals surface area contributed by atoms with E-state index in [0.29, 0.717) is 6.79 Å². The molecular weight excluding hydrogens is 271 g/mol. The van der Waals surface area contributed by atoms with Gasteiger partial charge in [0.15, 0.2) is 0 Å². The Kier molecular flexibility index (Phi) is 2.18. The first kappa shape index (κ1) is 9.18. The van der Waals surface area contributed by atoms with Crippen molar-refractivity contribution < 1.29 is 9.47 Å². The van der Waals surface area contributed by atoms with Gasteiger partial charge in [-0.1, -0.05) is 0 Å². The summed E-state index contributed by atoms with van der Waals surface area (Å²) in [5.74, 6) is 1.93. The minimum atomic E-state index is -2.01. The Morgan fingerprint density at radius 1 is 1.15 bits per heavy atom. The van der Waals surface area contributed by atoms with Crippen LogP contribution in [-0.2, 0) is 0 Å². The molecule has 1 aromatic carbocycles. The van der Waals surface area contributed by atoms with Gasteiger partial charge >= 0.3 is 82.7 Å². The molecule has 0 amide bonds. The summed E-state index contributed by atoms with van der Waals surface area (Å²) >= 11 is -2.01. The number of fused-ring (bicyclic) bond motifs is 1. The van der Waals surface area contributed by atoms with E-state index < -0.39 is 18.4 Å². The Morgan fingerprint density at radius 3 is 2.62 bits per heavy atom. The summed E-state index contributed by atoms with van der Waals surface area (Å²) in [7, 11) is 0. The van der Waals surface area contributed by atoms with Crippen molar-refractivity contribution in [2.75, 3.05) is 6.79 Å². The molecule has 0 saturated carbocycles. The first-order chi connectivity index (χ1) is 6.09. The second kappa shape index (κ2) is 3.08. The third kappa shape index (κ3) is 1.64. The normalized spacial score (nSPS) is 14.7. The number of para-hydroxylation sites is 1. The van der Waals surface area contributed by atoms with Crippen molar-refractivity contribution in [1.82, 2.24) is 0 Å². The van der Waals surface area contributed by atoms with Gasteiger partial charge in [-0.05, 0) is 0 Å². The third-order valence-electron chi connectivity index (χ3n) is 2.20. The van der Waals surface area contributed by atoms with Crippen LogP contribution in [0.15, 0.2) is 18.2 Å². The van der Waals surface area contributed by atoms with E-state index in [1.807, 2.05) is 6.07 Å². The Morgan fingerprint density at radius 2 is 1.92 bits per heavy atom. The van der Waals surface area contributed by atoms with E-state index in [4.69, 9.17) is 9.47 Å². The van der Waals surface area contributed by atoms with Crippen LogP contribution in [0.5, 0.6) is 11.5 Å². The summed E-state index contributed by atoms with van der Waals surface area (Å²) in [6, 6.07) is 6.22. The molecule has 0 N–H and O–H groups in total. The summed E-state index contributed by atoms with van der Waals surface area (Å²) in [6.45, 7) is 0.383. The molecule has 0 aliphatic carbocycles. The van der Waals surface area contributed by atoms with Crippen LogP contribution in [0.3, 0.4) is 0 Å². The molecule has 0 saturated heterocycles. The van der Waals surface area contributed by atoms with E-state index in [0.717, 1.165) is 11.5 Å². The average Bonchev–Trinajstić information content (AvgIpc) is 2.48. The van der Waals surface area contributed by atoms with Crippen LogP contribution in [0.2, 0.25) is 14.8 Å². The van der Waals surface area contributed by atoms with Gasteiger partial charge in [0.25, 0.3) is 0 Å². The van der Waals surface area contributed by atoms with E-state index in [-0.39, 0.29) is 0 Å². The maximum absolute atomic E-state index is 5.49. The van der Waals surface area contributed by atoms with E-state index in [1.54, 1.807) is 0 Å². The Labute approximate surface area is 82.7 Å². The molecule has 1 aliphatic heterocycles. The van der Waals surface area contributed by atoms with Crippen molar-refractivity contribution in [1.29, 1.82) is 0 Å². The van der Waals surface area contributed by atoms with Gasteiger partial charge in [0.05, 0.1) is 0 Å². The first-order valence-electron chi connectivity index (χ1n) is 4.48. The number of hydrogen-bond acceptors (Lipinski definition) is 2. The second-order valence-corrected chi connectivity index (χ2v) is 18.7. The van der Waals surface area contributed by atoms with E-state index in [9.17, 15) is 0 Å². The zero-order chi connectivity index (χ0) is 9.47. The van der Waals surface area contributed by atoms with E-state index >= 15 is 0 Å². The number of rotatable bonds is 1. The monoisotopic (exact) mass is 286 g/mol. The number of hydrogen-bond donors (Lipinski definition) is 0. The zero-order valence-corrected chi connectivity index (χ0v) is 11.1. The molecule has 1 heterocycles. The van der Waals surface area contributed by atoms with Gasteiger partial charge in [0.2, 0.25) is 0 Å².